The molecular weight excluding hydrogens is 440 g/mol. The summed E-state index contributed by atoms with van der Waals surface area (Å²) in [7, 11) is 5.56. The summed E-state index contributed by atoms with van der Waals surface area (Å²) < 4.78 is 7.14. The third kappa shape index (κ3) is 4.33. The molecule has 1 aliphatic rings. The number of anilines is 2. The Kier molecular flexibility index (Phi) is 6.17. The van der Waals surface area contributed by atoms with E-state index in [1.54, 1.807) is 11.6 Å². The van der Waals surface area contributed by atoms with Crippen molar-refractivity contribution in [1.82, 2.24) is 9.55 Å². The first kappa shape index (κ1) is 22.9. The van der Waals surface area contributed by atoms with E-state index in [-0.39, 0.29) is 23.7 Å². The Labute approximate surface area is 198 Å². The lowest BCUT2D eigenvalue weighted by molar-refractivity contribution is -0.146. The lowest BCUT2D eigenvalue weighted by Crippen LogP contribution is -2.31. The topological polar surface area (TPSA) is 76.5 Å². The predicted octanol–water partition coefficient (Wildman–Crippen LogP) is 4.12. The van der Waals surface area contributed by atoms with Crippen molar-refractivity contribution in [2.24, 2.45) is 7.05 Å². The number of benzene rings is 2. The Morgan fingerprint density at radius 2 is 1.97 bits per heavy atom. The van der Waals surface area contributed by atoms with Crippen LogP contribution in [0.2, 0.25) is 5.02 Å². The summed E-state index contributed by atoms with van der Waals surface area (Å²) in [6.07, 6.45) is 0.238. The molecule has 3 aromatic rings. The van der Waals surface area contributed by atoms with Crippen molar-refractivity contribution < 1.29 is 9.53 Å². The maximum atomic E-state index is 13.3. The van der Waals surface area contributed by atoms with Crippen LogP contribution >= 0.6 is 11.6 Å². The van der Waals surface area contributed by atoms with Crippen molar-refractivity contribution in [2.75, 3.05) is 24.3 Å². The fraction of sp³-hybridized carbons (Fsp3) is 0.320. The Morgan fingerprint density at radius 3 is 2.64 bits per heavy atom. The van der Waals surface area contributed by atoms with E-state index in [2.05, 4.69) is 10.3 Å². The summed E-state index contributed by atoms with van der Waals surface area (Å²) in [4.78, 5) is 31.6. The Balaban J connectivity index is 1.74. The maximum absolute atomic E-state index is 13.3. The minimum Gasteiger partial charge on any atom is -0.460 e. The number of esters is 1. The van der Waals surface area contributed by atoms with E-state index in [1.165, 1.54) is 6.92 Å². The summed E-state index contributed by atoms with van der Waals surface area (Å²) in [5, 5.41) is 3.89. The second-order valence-electron chi connectivity index (χ2n) is 8.49. The molecule has 1 aromatic heterocycles. The van der Waals surface area contributed by atoms with E-state index in [0.29, 0.717) is 34.2 Å². The minimum atomic E-state index is -0.373. The van der Waals surface area contributed by atoms with Crippen molar-refractivity contribution in [3.8, 4) is 11.3 Å². The molecule has 0 fully saturated rings. The smallest absolute Gasteiger partial charge is 0.302 e. The second-order valence-corrected chi connectivity index (χ2v) is 8.90. The third-order valence-electron chi connectivity index (χ3n) is 5.98. The van der Waals surface area contributed by atoms with Gasteiger partial charge in [0.1, 0.15) is 17.6 Å². The number of aromatic nitrogens is 2. The van der Waals surface area contributed by atoms with Crippen molar-refractivity contribution >= 4 is 29.1 Å². The molecular formula is C25H27ClN4O3. The van der Waals surface area contributed by atoms with E-state index in [9.17, 15) is 9.59 Å². The fourth-order valence-corrected chi connectivity index (χ4v) is 4.59. The van der Waals surface area contributed by atoms with Gasteiger partial charge in [-0.3, -0.25) is 14.2 Å². The number of hydrogen-bond acceptors (Lipinski definition) is 6. The van der Waals surface area contributed by atoms with Gasteiger partial charge in [0.2, 0.25) is 0 Å². The van der Waals surface area contributed by atoms with E-state index in [0.717, 1.165) is 16.8 Å². The minimum absolute atomic E-state index is 0.266. The first-order valence-corrected chi connectivity index (χ1v) is 11.1. The van der Waals surface area contributed by atoms with E-state index >= 15 is 0 Å². The zero-order valence-electron chi connectivity index (χ0n) is 19.3. The number of rotatable bonds is 5. The molecule has 2 atom stereocenters. The number of fused-ring (bicyclic) bond motifs is 1. The SMILES string of the molecule is CC(=O)O[C@H]1Cc2ccccc2[C@@H]1Nc1c(C)nc(-c2ccc(N(C)C)cc2Cl)c(=O)n1C. The number of aryl methyl sites for hydroxylation is 1. The molecule has 0 amide bonds. The number of carbonyl (C=O) groups excluding carboxylic acids is 1. The van der Waals surface area contributed by atoms with Crippen LogP contribution in [0, 0.1) is 6.92 Å². The summed E-state index contributed by atoms with van der Waals surface area (Å²) >= 11 is 6.51. The normalized spacial score (nSPS) is 16.9. The van der Waals surface area contributed by atoms with Gasteiger partial charge in [-0.2, -0.15) is 0 Å². The largest absolute Gasteiger partial charge is 0.460 e. The van der Waals surface area contributed by atoms with Gasteiger partial charge in [-0.25, -0.2) is 4.98 Å². The Morgan fingerprint density at radius 1 is 1.24 bits per heavy atom. The monoisotopic (exact) mass is 466 g/mol. The van der Waals surface area contributed by atoms with Crippen molar-refractivity contribution in [3.63, 3.8) is 0 Å². The highest BCUT2D eigenvalue weighted by Crippen LogP contribution is 2.37. The Bertz CT molecular complexity index is 1290. The highest BCUT2D eigenvalue weighted by molar-refractivity contribution is 6.33. The van der Waals surface area contributed by atoms with Gasteiger partial charge in [0.15, 0.2) is 0 Å². The third-order valence-corrected chi connectivity index (χ3v) is 6.29. The summed E-state index contributed by atoms with van der Waals surface area (Å²) in [6.45, 7) is 3.25. The van der Waals surface area contributed by atoms with E-state index < -0.39 is 0 Å². The number of halogens is 1. The lowest BCUT2D eigenvalue weighted by atomic mass is 10.1. The van der Waals surface area contributed by atoms with Gasteiger partial charge >= 0.3 is 5.97 Å². The number of hydrogen-bond donors (Lipinski definition) is 1. The van der Waals surface area contributed by atoms with Crippen LogP contribution in [-0.2, 0) is 23.0 Å². The number of carbonyl (C=O) groups is 1. The van der Waals surface area contributed by atoms with Crippen LogP contribution in [0.4, 0.5) is 11.5 Å². The molecule has 0 saturated heterocycles. The van der Waals surface area contributed by atoms with Crippen LogP contribution in [0.3, 0.4) is 0 Å². The first-order valence-electron chi connectivity index (χ1n) is 10.7. The zero-order valence-corrected chi connectivity index (χ0v) is 20.1. The van der Waals surface area contributed by atoms with Gasteiger partial charge < -0.3 is 15.0 Å². The average Bonchev–Trinajstić information content (AvgIpc) is 3.10. The van der Waals surface area contributed by atoms with Crippen LogP contribution in [0.1, 0.15) is 29.8 Å². The average molecular weight is 467 g/mol. The van der Waals surface area contributed by atoms with Gasteiger partial charge in [0.05, 0.1) is 16.8 Å². The molecule has 1 aliphatic carbocycles. The molecule has 33 heavy (non-hydrogen) atoms. The fourth-order valence-electron chi connectivity index (χ4n) is 4.32. The molecule has 0 spiro atoms. The summed E-state index contributed by atoms with van der Waals surface area (Å²) in [6, 6.07) is 13.2. The predicted molar refractivity (Wildman–Crippen MR) is 131 cm³/mol. The van der Waals surface area contributed by atoms with Gasteiger partial charge in [-0.05, 0) is 36.2 Å². The van der Waals surface area contributed by atoms with Crippen LogP contribution in [0.15, 0.2) is 47.3 Å². The number of nitrogens with one attached hydrogen (secondary N) is 1. The molecule has 1 N–H and O–H groups in total. The molecule has 0 saturated carbocycles. The van der Waals surface area contributed by atoms with E-state index in [4.69, 9.17) is 16.3 Å². The first-order chi connectivity index (χ1) is 15.7. The standard InChI is InChI=1S/C25H27ClN4O3/c1-14-24(28-22-18-9-7-6-8-16(18)12-21(22)33-15(2)31)30(5)25(32)23(27-14)19-11-10-17(29(3)4)13-20(19)26/h6-11,13,21-22,28H,12H2,1-5H3/t21-,22-/m0/s1. The van der Waals surface area contributed by atoms with Crippen LogP contribution < -0.4 is 15.8 Å². The van der Waals surface area contributed by atoms with Crippen molar-refractivity contribution in [3.05, 3.63) is 74.7 Å². The molecule has 1 heterocycles. The number of ether oxygens (including phenoxy) is 1. The molecule has 0 unspecified atom stereocenters. The van der Waals surface area contributed by atoms with Gasteiger partial charge in [-0.15, -0.1) is 0 Å². The van der Waals surface area contributed by atoms with Gasteiger partial charge in [0, 0.05) is 45.7 Å². The highest BCUT2D eigenvalue weighted by Gasteiger charge is 2.35. The highest BCUT2D eigenvalue weighted by atomic mass is 35.5. The van der Waals surface area contributed by atoms with Crippen LogP contribution in [-0.4, -0.2) is 35.7 Å². The lowest BCUT2D eigenvalue weighted by Gasteiger charge is -2.25. The molecule has 0 radical (unpaired) electrons. The summed E-state index contributed by atoms with van der Waals surface area (Å²) in [5.74, 6) is 0.234. The van der Waals surface area contributed by atoms with E-state index in [1.807, 2.05) is 68.4 Å². The van der Waals surface area contributed by atoms with Crippen LogP contribution in [0.25, 0.3) is 11.3 Å². The zero-order chi connectivity index (χ0) is 23.9. The second kappa shape index (κ2) is 8.90. The molecule has 172 valence electrons. The maximum Gasteiger partial charge on any atom is 0.302 e. The molecule has 0 bridgehead atoms. The summed E-state index contributed by atoms with van der Waals surface area (Å²) in [5.41, 5.74) is 4.35. The van der Waals surface area contributed by atoms with Crippen molar-refractivity contribution in [2.45, 2.75) is 32.4 Å². The van der Waals surface area contributed by atoms with Gasteiger partial charge in [-0.1, -0.05) is 35.9 Å². The van der Waals surface area contributed by atoms with Gasteiger partial charge in [0.25, 0.3) is 5.56 Å². The molecule has 0 aliphatic heterocycles. The molecule has 7 nitrogen and oxygen atoms in total. The quantitative estimate of drug-likeness (QED) is 0.570. The molecule has 2 aromatic carbocycles. The van der Waals surface area contributed by atoms with Crippen molar-refractivity contribution in [1.29, 1.82) is 0 Å². The molecule has 4 rings (SSSR count). The Hall–Kier alpha value is -3.32. The molecule has 8 heteroatoms. The number of nitrogens with zero attached hydrogens (tertiary/aromatic N) is 3. The van der Waals surface area contributed by atoms with Crippen LogP contribution in [0.5, 0.6) is 0 Å².